The molecule has 1 N–H and O–H groups in total. The van der Waals surface area contributed by atoms with Gasteiger partial charge in [-0.25, -0.2) is 4.79 Å². The van der Waals surface area contributed by atoms with Gasteiger partial charge in [0.2, 0.25) is 0 Å². The highest BCUT2D eigenvalue weighted by Gasteiger charge is 2.18. The van der Waals surface area contributed by atoms with Crippen molar-refractivity contribution < 1.29 is 14.6 Å². The van der Waals surface area contributed by atoms with Crippen LogP contribution in [0, 0.1) is 0 Å². The number of aromatic carboxylic acids is 1. The van der Waals surface area contributed by atoms with E-state index in [4.69, 9.17) is 4.74 Å². The normalized spacial score (nSPS) is 15.6. The zero-order valence-corrected chi connectivity index (χ0v) is 11.6. The van der Waals surface area contributed by atoms with Crippen LogP contribution >= 0.6 is 0 Å². The van der Waals surface area contributed by atoms with E-state index in [0.29, 0.717) is 18.8 Å². The quantitative estimate of drug-likeness (QED) is 0.906. The topological polar surface area (TPSA) is 49.8 Å². The number of carboxylic acid groups (broad SMARTS) is 1. The van der Waals surface area contributed by atoms with E-state index in [2.05, 4.69) is 17.9 Å². The summed E-state index contributed by atoms with van der Waals surface area (Å²) in [5.41, 5.74) is 3.56. The minimum absolute atomic E-state index is 0.448. The van der Waals surface area contributed by atoms with Crippen LogP contribution in [0.2, 0.25) is 0 Å². The van der Waals surface area contributed by atoms with Crippen LogP contribution < -0.4 is 4.90 Å². The van der Waals surface area contributed by atoms with Gasteiger partial charge < -0.3 is 14.7 Å². The van der Waals surface area contributed by atoms with E-state index < -0.39 is 5.97 Å². The molecule has 19 heavy (non-hydrogen) atoms. The van der Waals surface area contributed by atoms with Crippen LogP contribution in [0.15, 0.2) is 12.1 Å². The lowest BCUT2D eigenvalue weighted by molar-refractivity contribution is 0.0695. The van der Waals surface area contributed by atoms with E-state index >= 15 is 0 Å². The van der Waals surface area contributed by atoms with Crippen LogP contribution in [0.4, 0.5) is 5.69 Å². The number of nitrogens with zero attached hydrogens (tertiary/aromatic N) is 1. The van der Waals surface area contributed by atoms with Gasteiger partial charge in [-0.3, -0.25) is 0 Å². The summed E-state index contributed by atoms with van der Waals surface area (Å²) >= 11 is 0. The molecule has 4 heteroatoms. The molecule has 0 aliphatic carbocycles. The molecule has 1 heterocycles. The van der Waals surface area contributed by atoms with Crippen molar-refractivity contribution in [2.24, 2.45) is 0 Å². The minimum Gasteiger partial charge on any atom is -0.478 e. The van der Waals surface area contributed by atoms with Crippen molar-refractivity contribution in [1.29, 1.82) is 0 Å². The van der Waals surface area contributed by atoms with Crippen LogP contribution in [0.5, 0.6) is 0 Å². The average molecular weight is 263 g/mol. The van der Waals surface area contributed by atoms with Crippen molar-refractivity contribution in [3.05, 3.63) is 28.8 Å². The predicted octanol–water partition coefficient (Wildman–Crippen LogP) is 2.35. The number of hydrogen-bond acceptors (Lipinski definition) is 3. The van der Waals surface area contributed by atoms with Crippen molar-refractivity contribution in [2.45, 2.75) is 26.7 Å². The zero-order chi connectivity index (χ0) is 13.8. The summed E-state index contributed by atoms with van der Waals surface area (Å²) in [6.45, 7) is 7.15. The van der Waals surface area contributed by atoms with Crippen LogP contribution in [0.25, 0.3) is 0 Å². The molecular weight excluding hydrogens is 242 g/mol. The molecular formula is C15H21NO3. The Bertz CT molecular complexity index is 465. The third-order valence-electron chi connectivity index (χ3n) is 3.67. The molecule has 0 bridgehead atoms. The average Bonchev–Trinajstić information content (AvgIpc) is 2.46. The molecule has 0 radical (unpaired) electrons. The van der Waals surface area contributed by atoms with E-state index in [1.54, 1.807) is 0 Å². The van der Waals surface area contributed by atoms with E-state index in [0.717, 1.165) is 42.7 Å². The standard InChI is InChI=1S/C15H21NO3/c1-3-11-9-12(16-5-7-19-8-6-16)10-14(15(17)18)13(11)4-2/h9-10H,3-8H2,1-2H3,(H,17,18). The van der Waals surface area contributed by atoms with Gasteiger partial charge in [-0.15, -0.1) is 0 Å². The number of benzene rings is 1. The zero-order valence-electron chi connectivity index (χ0n) is 11.6. The molecule has 0 saturated carbocycles. The van der Waals surface area contributed by atoms with Crippen LogP contribution in [-0.4, -0.2) is 37.4 Å². The number of aryl methyl sites for hydroxylation is 1. The molecule has 1 aliphatic rings. The summed E-state index contributed by atoms with van der Waals surface area (Å²) in [5.74, 6) is -0.832. The Morgan fingerprint density at radius 3 is 2.47 bits per heavy atom. The van der Waals surface area contributed by atoms with Gasteiger partial charge in [-0.2, -0.15) is 0 Å². The largest absolute Gasteiger partial charge is 0.478 e. The van der Waals surface area contributed by atoms with Crippen LogP contribution in [0.1, 0.15) is 35.3 Å². The number of carboxylic acids is 1. The Morgan fingerprint density at radius 1 is 1.26 bits per heavy atom. The Morgan fingerprint density at radius 2 is 1.95 bits per heavy atom. The molecule has 0 amide bonds. The maximum absolute atomic E-state index is 11.4. The summed E-state index contributed by atoms with van der Waals surface area (Å²) in [6.07, 6.45) is 1.62. The molecule has 1 aliphatic heterocycles. The monoisotopic (exact) mass is 263 g/mol. The fraction of sp³-hybridized carbons (Fsp3) is 0.533. The van der Waals surface area contributed by atoms with Gasteiger partial charge in [-0.05, 0) is 36.1 Å². The predicted molar refractivity (Wildman–Crippen MR) is 75.2 cm³/mol. The van der Waals surface area contributed by atoms with E-state index in [1.807, 2.05) is 13.0 Å². The summed E-state index contributed by atoms with van der Waals surface area (Å²) < 4.78 is 5.34. The highest BCUT2D eigenvalue weighted by atomic mass is 16.5. The van der Waals surface area contributed by atoms with Gasteiger partial charge in [-0.1, -0.05) is 13.8 Å². The summed E-state index contributed by atoms with van der Waals surface area (Å²) in [7, 11) is 0. The van der Waals surface area contributed by atoms with Crippen molar-refractivity contribution >= 4 is 11.7 Å². The van der Waals surface area contributed by atoms with E-state index in [9.17, 15) is 9.90 Å². The number of carbonyl (C=O) groups is 1. The fourth-order valence-corrected chi connectivity index (χ4v) is 2.64. The number of rotatable bonds is 4. The molecule has 0 atom stereocenters. The molecule has 1 aromatic carbocycles. The molecule has 0 unspecified atom stereocenters. The first kappa shape index (κ1) is 13.9. The number of anilines is 1. The number of hydrogen-bond donors (Lipinski definition) is 1. The fourth-order valence-electron chi connectivity index (χ4n) is 2.64. The molecule has 0 aromatic heterocycles. The second-order valence-corrected chi connectivity index (χ2v) is 4.74. The Labute approximate surface area is 114 Å². The van der Waals surface area contributed by atoms with Gasteiger partial charge >= 0.3 is 5.97 Å². The van der Waals surface area contributed by atoms with Crippen LogP contribution in [-0.2, 0) is 17.6 Å². The third kappa shape index (κ3) is 2.89. The number of ether oxygens (including phenoxy) is 1. The lowest BCUT2D eigenvalue weighted by Gasteiger charge is -2.30. The summed E-state index contributed by atoms with van der Waals surface area (Å²) in [6, 6.07) is 3.95. The van der Waals surface area contributed by atoms with Crippen molar-refractivity contribution in [3.8, 4) is 0 Å². The first-order chi connectivity index (χ1) is 9.17. The SMILES string of the molecule is CCc1cc(N2CCOCC2)cc(C(=O)O)c1CC. The third-order valence-corrected chi connectivity index (χ3v) is 3.67. The van der Waals surface area contributed by atoms with Crippen LogP contribution in [0.3, 0.4) is 0 Å². The molecule has 1 aromatic rings. The smallest absolute Gasteiger partial charge is 0.336 e. The van der Waals surface area contributed by atoms with Gasteiger partial charge in [0.05, 0.1) is 18.8 Å². The lowest BCUT2D eigenvalue weighted by atomic mass is 9.95. The molecule has 1 fully saturated rings. The molecule has 1 saturated heterocycles. The number of morpholine rings is 1. The van der Waals surface area contributed by atoms with Crippen molar-refractivity contribution in [3.63, 3.8) is 0 Å². The maximum Gasteiger partial charge on any atom is 0.336 e. The second kappa shape index (κ2) is 6.06. The van der Waals surface area contributed by atoms with Gasteiger partial charge in [0.15, 0.2) is 0 Å². The Kier molecular flexibility index (Phi) is 4.43. The van der Waals surface area contributed by atoms with Crippen molar-refractivity contribution in [1.82, 2.24) is 0 Å². The minimum atomic E-state index is -0.832. The molecule has 104 valence electrons. The highest BCUT2D eigenvalue weighted by molar-refractivity contribution is 5.91. The van der Waals surface area contributed by atoms with Gasteiger partial charge in [0, 0.05) is 18.8 Å². The lowest BCUT2D eigenvalue weighted by Crippen LogP contribution is -2.36. The summed E-state index contributed by atoms with van der Waals surface area (Å²) in [5, 5.41) is 9.40. The van der Waals surface area contributed by atoms with E-state index in [1.165, 1.54) is 0 Å². The molecule has 2 rings (SSSR count). The maximum atomic E-state index is 11.4. The van der Waals surface area contributed by atoms with E-state index in [-0.39, 0.29) is 0 Å². The Hall–Kier alpha value is -1.55. The van der Waals surface area contributed by atoms with Gasteiger partial charge in [0.1, 0.15) is 0 Å². The molecule has 4 nitrogen and oxygen atoms in total. The first-order valence-electron chi connectivity index (χ1n) is 6.89. The van der Waals surface area contributed by atoms with Gasteiger partial charge in [0.25, 0.3) is 0 Å². The summed E-state index contributed by atoms with van der Waals surface area (Å²) in [4.78, 5) is 13.6. The molecule has 0 spiro atoms. The Balaban J connectivity index is 2.44. The van der Waals surface area contributed by atoms with Crippen molar-refractivity contribution in [2.75, 3.05) is 31.2 Å². The highest BCUT2D eigenvalue weighted by Crippen LogP contribution is 2.26. The first-order valence-corrected chi connectivity index (χ1v) is 6.89. The second-order valence-electron chi connectivity index (χ2n) is 4.74.